The third-order valence-electron chi connectivity index (χ3n) is 5.14. The van der Waals surface area contributed by atoms with Crippen LogP contribution in [0.4, 0.5) is 13.2 Å². The predicted octanol–water partition coefficient (Wildman–Crippen LogP) is 3.12. The summed E-state index contributed by atoms with van der Waals surface area (Å²) in [6.45, 7) is 1.84. The van der Waals surface area contributed by atoms with Crippen LogP contribution in [-0.2, 0) is 11.2 Å². The van der Waals surface area contributed by atoms with E-state index in [4.69, 9.17) is 4.74 Å². The van der Waals surface area contributed by atoms with Gasteiger partial charge in [0.1, 0.15) is 5.75 Å². The Bertz CT molecular complexity index is 717. The second-order valence-electron chi connectivity index (χ2n) is 6.98. The Labute approximate surface area is 149 Å². The molecule has 1 aliphatic carbocycles. The van der Waals surface area contributed by atoms with E-state index in [1.54, 1.807) is 24.3 Å². The minimum atomic E-state index is -4.99. The first-order valence-corrected chi connectivity index (χ1v) is 8.49. The Morgan fingerprint density at radius 2 is 2.04 bits per heavy atom. The lowest BCUT2D eigenvalue weighted by Gasteiger charge is -2.39. The van der Waals surface area contributed by atoms with Gasteiger partial charge in [0.2, 0.25) is 5.91 Å². The zero-order valence-corrected chi connectivity index (χ0v) is 14.6. The number of alkyl halides is 3. The lowest BCUT2D eigenvalue weighted by Crippen LogP contribution is -2.62. The number of amides is 1. The van der Waals surface area contributed by atoms with Crippen molar-refractivity contribution in [3.05, 3.63) is 29.8 Å². The molecule has 0 unspecified atom stereocenters. The molecule has 0 aromatic heterocycles. The van der Waals surface area contributed by atoms with Gasteiger partial charge in [-0.1, -0.05) is 19.1 Å². The third kappa shape index (κ3) is 3.06. The number of fused-ring (bicyclic) bond motifs is 1. The molecule has 142 valence electrons. The number of methoxy groups -OCH3 is 1. The monoisotopic (exact) mass is 370 g/mol. The Hall–Kier alpha value is -2.09. The van der Waals surface area contributed by atoms with Gasteiger partial charge in [-0.15, -0.1) is 0 Å². The molecule has 0 saturated heterocycles. The van der Waals surface area contributed by atoms with Crippen LogP contribution in [0, 0.1) is 11.8 Å². The number of halogens is 3. The molecular formula is C18H21F3N2O3. The molecule has 2 aliphatic rings. The molecule has 8 heteroatoms. The van der Waals surface area contributed by atoms with E-state index in [0.717, 1.165) is 0 Å². The first-order valence-electron chi connectivity index (χ1n) is 8.49. The molecular weight excluding hydrogens is 349 g/mol. The molecule has 1 aliphatic heterocycles. The summed E-state index contributed by atoms with van der Waals surface area (Å²) in [5, 5.41) is 14.7. The van der Waals surface area contributed by atoms with E-state index in [9.17, 15) is 23.1 Å². The normalized spacial score (nSPS) is 28.5. The largest absolute Gasteiger partial charge is 0.497 e. The second-order valence-corrected chi connectivity index (χ2v) is 6.98. The number of hydrogen-bond donors (Lipinski definition) is 1. The standard InChI is InChI=1S/C18H21F3N2O3/c1-11-3-8-15-14(9-11)17(25,18(19,20)21)23(22-15)16(24)10-12-4-6-13(26-2)7-5-12/h4-7,11,14,25H,3,8-10H2,1-2H3/t11-,14+,17-/m1/s1. The van der Waals surface area contributed by atoms with Crippen LogP contribution in [0.2, 0.25) is 0 Å². The van der Waals surface area contributed by atoms with Gasteiger partial charge >= 0.3 is 6.18 Å². The van der Waals surface area contributed by atoms with Crippen LogP contribution in [-0.4, -0.2) is 40.7 Å². The SMILES string of the molecule is COc1ccc(CC(=O)N2N=C3CC[C@@H](C)C[C@@H]3[C@@]2(O)C(F)(F)F)cc1. The van der Waals surface area contributed by atoms with Crippen molar-refractivity contribution in [3.8, 4) is 5.75 Å². The Morgan fingerprint density at radius 1 is 1.38 bits per heavy atom. The van der Waals surface area contributed by atoms with Gasteiger partial charge in [-0.2, -0.15) is 23.3 Å². The van der Waals surface area contributed by atoms with Crippen molar-refractivity contribution in [1.82, 2.24) is 5.01 Å². The van der Waals surface area contributed by atoms with Gasteiger partial charge in [0.05, 0.1) is 19.4 Å². The topological polar surface area (TPSA) is 62.1 Å². The molecule has 1 aromatic rings. The molecule has 1 aromatic carbocycles. The van der Waals surface area contributed by atoms with Crippen molar-refractivity contribution in [2.24, 2.45) is 16.9 Å². The van der Waals surface area contributed by atoms with E-state index in [1.807, 2.05) is 6.92 Å². The van der Waals surface area contributed by atoms with Gasteiger partial charge in [-0.25, -0.2) is 0 Å². The average molecular weight is 370 g/mol. The fourth-order valence-electron chi connectivity index (χ4n) is 3.65. The summed E-state index contributed by atoms with van der Waals surface area (Å²) in [5.74, 6) is -1.48. The van der Waals surface area contributed by atoms with Crippen molar-refractivity contribution < 1.29 is 27.8 Å². The van der Waals surface area contributed by atoms with E-state index in [2.05, 4.69) is 5.10 Å². The summed E-state index contributed by atoms with van der Waals surface area (Å²) in [5.41, 5.74) is -2.50. The molecule has 3 rings (SSSR count). The number of hydrazone groups is 1. The minimum Gasteiger partial charge on any atom is -0.497 e. The van der Waals surface area contributed by atoms with Crippen LogP contribution in [0.25, 0.3) is 0 Å². The first-order chi connectivity index (χ1) is 12.2. The summed E-state index contributed by atoms with van der Waals surface area (Å²) in [6, 6.07) is 6.44. The van der Waals surface area contributed by atoms with Crippen molar-refractivity contribution in [1.29, 1.82) is 0 Å². The average Bonchev–Trinajstić information content (AvgIpc) is 2.89. The van der Waals surface area contributed by atoms with Crippen LogP contribution < -0.4 is 4.74 Å². The molecule has 1 fully saturated rings. The van der Waals surface area contributed by atoms with Crippen LogP contribution >= 0.6 is 0 Å². The van der Waals surface area contributed by atoms with Crippen molar-refractivity contribution in [3.63, 3.8) is 0 Å². The number of carbonyl (C=O) groups is 1. The molecule has 1 saturated carbocycles. The van der Waals surface area contributed by atoms with Crippen molar-refractivity contribution in [2.45, 2.75) is 44.5 Å². The highest BCUT2D eigenvalue weighted by Gasteiger charge is 2.68. The summed E-state index contributed by atoms with van der Waals surface area (Å²) in [4.78, 5) is 12.6. The summed E-state index contributed by atoms with van der Waals surface area (Å²) < 4.78 is 46.3. The molecule has 0 spiro atoms. The maximum atomic E-state index is 13.8. The van der Waals surface area contributed by atoms with E-state index in [-0.39, 0.29) is 29.5 Å². The second kappa shape index (κ2) is 6.57. The van der Waals surface area contributed by atoms with Gasteiger partial charge < -0.3 is 9.84 Å². The molecule has 5 nitrogen and oxygen atoms in total. The van der Waals surface area contributed by atoms with Gasteiger partial charge in [-0.05, 0) is 42.9 Å². The zero-order chi connectivity index (χ0) is 19.1. The Balaban J connectivity index is 1.88. The highest BCUT2D eigenvalue weighted by Crippen LogP contribution is 2.49. The fraction of sp³-hybridized carbons (Fsp3) is 0.556. The Kier molecular flexibility index (Phi) is 4.72. The van der Waals surface area contributed by atoms with Gasteiger partial charge in [-0.3, -0.25) is 4.79 Å². The number of rotatable bonds is 3. The molecule has 0 bridgehead atoms. The molecule has 1 heterocycles. The smallest absolute Gasteiger partial charge is 0.439 e. The fourth-order valence-corrected chi connectivity index (χ4v) is 3.65. The molecule has 1 N–H and O–H groups in total. The van der Waals surface area contributed by atoms with Crippen LogP contribution in [0.5, 0.6) is 5.75 Å². The van der Waals surface area contributed by atoms with Crippen molar-refractivity contribution in [2.75, 3.05) is 7.11 Å². The highest BCUT2D eigenvalue weighted by atomic mass is 19.4. The lowest BCUT2D eigenvalue weighted by molar-refractivity contribution is -0.317. The molecule has 3 atom stereocenters. The van der Waals surface area contributed by atoms with E-state index >= 15 is 0 Å². The van der Waals surface area contributed by atoms with E-state index in [0.29, 0.717) is 24.2 Å². The number of carbonyl (C=O) groups excluding carboxylic acids is 1. The van der Waals surface area contributed by atoms with Gasteiger partial charge in [0.15, 0.2) is 0 Å². The van der Waals surface area contributed by atoms with Crippen LogP contribution in [0.15, 0.2) is 29.4 Å². The maximum Gasteiger partial charge on any atom is 0.439 e. The van der Waals surface area contributed by atoms with E-state index in [1.165, 1.54) is 7.11 Å². The number of ether oxygens (including phenoxy) is 1. The first kappa shape index (κ1) is 18.7. The number of hydrogen-bond acceptors (Lipinski definition) is 4. The molecule has 26 heavy (non-hydrogen) atoms. The predicted molar refractivity (Wildman–Crippen MR) is 88.5 cm³/mol. The summed E-state index contributed by atoms with van der Waals surface area (Å²) in [6.07, 6.45) is -4.07. The minimum absolute atomic E-state index is 0.0319. The van der Waals surface area contributed by atoms with Crippen molar-refractivity contribution >= 4 is 11.6 Å². The maximum absolute atomic E-state index is 13.8. The molecule has 0 radical (unpaired) electrons. The highest BCUT2D eigenvalue weighted by molar-refractivity contribution is 5.93. The number of benzene rings is 1. The van der Waals surface area contributed by atoms with Crippen LogP contribution in [0.1, 0.15) is 31.7 Å². The van der Waals surface area contributed by atoms with E-state index < -0.39 is 23.7 Å². The van der Waals surface area contributed by atoms with Gasteiger partial charge in [0.25, 0.3) is 5.72 Å². The molecule has 1 amide bonds. The van der Waals surface area contributed by atoms with Gasteiger partial charge in [0, 0.05) is 5.71 Å². The number of nitrogens with zero attached hydrogens (tertiary/aromatic N) is 2. The third-order valence-corrected chi connectivity index (χ3v) is 5.14. The summed E-state index contributed by atoms with van der Waals surface area (Å²) in [7, 11) is 1.49. The quantitative estimate of drug-likeness (QED) is 0.889. The van der Waals surface area contributed by atoms with Crippen LogP contribution in [0.3, 0.4) is 0 Å². The zero-order valence-electron chi connectivity index (χ0n) is 14.6. The number of aliphatic hydroxyl groups is 1. The Morgan fingerprint density at radius 3 is 2.62 bits per heavy atom. The lowest BCUT2D eigenvalue weighted by atomic mass is 9.76. The summed E-state index contributed by atoms with van der Waals surface area (Å²) >= 11 is 0.